The van der Waals surface area contributed by atoms with E-state index in [-0.39, 0.29) is 17.6 Å². The number of carboxylic acid groups (broad SMARTS) is 1. The monoisotopic (exact) mass is 430 g/mol. The molecule has 1 aromatic carbocycles. The van der Waals surface area contributed by atoms with Crippen LogP contribution in [0.1, 0.15) is 37.3 Å². The second-order valence-corrected chi connectivity index (χ2v) is 7.45. The fourth-order valence-corrected chi connectivity index (χ4v) is 3.31. The highest BCUT2D eigenvalue weighted by Crippen LogP contribution is 2.35. The second kappa shape index (κ2) is 10.1. The van der Waals surface area contributed by atoms with Crippen LogP contribution < -0.4 is 0 Å². The van der Waals surface area contributed by atoms with E-state index in [1.807, 2.05) is 32.2 Å². The van der Waals surface area contributed by atoms with Crippen molar-refractivity contribution in [2.75, 3.05) is 26.7 Å². The molecule has 0 bridgehead atoms. The Balaban J connectivity index is 0.000000396. The van der Waals surface area contributed by atoms with E-state index in [1.54, 1.807) is 11.0 Å². The van der Waals surface area contributed by atoms with E-state index in [1.165, 1.54) is 12.8 Å². The Bertz CT molecular complexity index is 802. The minimum atomic E-state index is -5.08. The largest absolute Gasteiger partial charge is 0.490 e. The molecule has 0 radical (unpaired) electrons. The maximum Gasteiger partial charge on any atom is 0.490 e. The summed E-state index contributed by atoms with van der Waals surface area (Å²) in [5.74, 6) is -2.77. The number of halogens is 4. The molecule has 5 nitrogen and oxygen atoms in total. The minimum absolute atomic E-state index is 0.0395. The molecule has 3 rings (SSSR count). The molecule has 9 heteroatoms. The van der Waals surface area contributed by atoms with Gasteiger partial charge in [-0.3, -0.25) is 9.69 Å². The Hall–Kier alpha value is -2.42. The van der Waals surface area contributed by atoms with Gasteiger partial charge in [-0.15, -0.1) is 0 Å². The van der Waals surface area contributed by atoms with Gasteiger partial charge in [0.1, 0.15) is 5.82 Å². The number of nitrogens with zero attached hydrogens (tertiary/aromatic N) is 2. The molecule has 1 atom stereocenters. The quantitative estimate of drug-likeness (QED) is 0.719. The lowest BCUT2D eigenvalue weighted by atomic mass is 9.81. The SMILES string of the molecule is CCN(C)C(=O)C1C=C(c2ccc(CN3CCCC3)c(F)c2)C1.O=C(O)C(F)(F)F. The maximum atomic E-state index is 14.3. The third kappa shape index (κ3) is 6.29. The van der Waals surface area contributed by atoms with Crippen LogP contribution >= 0.6 is 0 Å². The number of likely N-dealkylation sites (tertiary alicyclic amines) is 1. The number of hydrogen-bond acceptors (Lipinski definition) is 3. The van der Waals surface area contributed by atoms with Crippen LogP contribution in [0.2, 0.25) is 0 Å². The van der Waals surface area contributed by atoms with Crippen molar-refractivity contribution in [2.45, 2.75) is 38.9 Å². The van der Waals surface area contributed by atoms with Crippen LogP contribution in [0.25, 0.3) is 5.57 Å². The normalized spacial score (nSPS) is 18.7. The fourth-order valence-electron chi connectivity index (χ4n) is 3.31. The average Bonchev–Trinajstić information content (AvgIpc) is 3.14. The Labute approximate surface area is 173 Å². The third-order valence-corrected chi connectivity index (χ3v) is 5.27. The molecule has 0 aromatic heterocycles. The van der Waals surface area contributed by atoms with E-state index < -0.39 is 12.1 Å². The summed E-state index contributed by atoms with van der Waals surface area (Å²) in [4.78, 5) is 25.0. The van der Waals surface area contributed by atoms with E-state index >= 15 is 0 Å². The van der Waals surface area contributed by atoms with Gasteiger partial charge in [-0.05, 0) is 56.5 Å². The van der Waals surface area contributed by atoms with Crippen molar-refractivity contribution >= 4 is 17.4 Å². The summed E-state index contributed by atoms with van der Waals surface area (Å²) >= 11 is 0. The number of carbonyl (C=O) groups excluding carboxylic acids is 1. The molecule has 1 fully saturated rings. The maximum absolute atomic E-state index is 14.3. The summed E-state index contributed by atoms with van der Waals surface area (Å²) < 4.78 is 46.1. The highest BCUT2D eigenvalue weighted by atomic mass is 19.4. The summed E-state index contributed by atoms with van der Waals surface area (Å²) in [6.45, 7) is 5.53. The average molecular weight is 430 g/mol. The van der Waals surface area contributed by atoms with Gasteiger partial charge in [-0.25, -0.2) is 9.18 Å². The lowest BCUT2D eigenvalue weighted by Crippen LogP contribution is -2.34. The molecule has 1 heterocycles. The van der Waals surface area contributed by atoms with Gasteiger partial charge in [-0.1, -0.05) is 18.2 Å². The number of allylic oxidation sites excluding steroid dienone is 1. The Morgan fingerprint density at radius 1 is 1.23 bits per heavy atom. The molecular weight excluding hydrogens is 404 g/mol. The number of rotatable bonds is 5. The predicted molar refractivity (Wildman–Crippen MR) is 104 cm³/mol. The zero-order valence-electron chi connectivity index (χ0n) is 17.0. The molecule has 1 amide bonds. The van der Waals surface area contributed by atoms with Gasteiger partial charge in [0.2, 0.25) is 5.91 Å². The van der Waals surface area contributed by atoms with Crippen LogP contribution in [0.4, 0.5) is 17.6 Å². The first-order valence-corrected chi connectivity index (χ1v) is 9.79. The molecule has 1 aromatic rings. The van der Waals surface area contributed by atoms with Crippen molar-refractivity contribution in [3.63, 3.8) is 0 Å². The number of aliphatic carboxylic acids is 1. The summed E-state index contributed by atoms with van der Waals surface area (Å²) in [6.07, 6.45) is 0.0416. The molecule has 0 saturated carbocycles. The van der Waals surface area contributed by atoms with Crippen molar-refractivity contribution in [3.8, 4) is 0 Å². The summed E-state index contributed by atoms with van der Waals surface area (Å²) in [6, 6.07) is 5.52. The molecule has 166 valence electrons. The van der Waals surface area contributed by atoms with Gasteiger partial charge in [0.15, 0.2) is 0 Å². The van der Waals surface area contributed by atoms with Crippen LogP contribution in [0, 0.1) is 11.7 Å². The number of carboxylic acids is 1. The standard InChI is InChI=1S/C19H25FN2O.C2HF3O2/c1-3-21(2)19(23)17-10-16(11-17)14-6-7-15(18(20)12-14)13-22-8-4-5-9-22;3-2(4,5)1(6)7/h6-7,10,12,17H,3-5,8-9,11,13H2,1-2H3;(H,6,7). The Morgan fingerprint density at radius 3 is 2.27 bits per heavy atom. The molecule has 0 spiro atoms. The van der Waals surface area contributed by atoms with Crippen LogP contribution in [-0.2, 0) is 16.1 Å². The molecule has 30 heavy (non-hydrogen) atoms. The first-order chi connectivity index (χ1) is 14.0. The van der Waals surface area contributed by atoms with Crippen LogP contribution in [0.5, 0.6) is 0 Å². The molecular formula is C21H26F4N2O3. The third-order valence-electron chi connectivity index (χ3n) is 5.27. The van der Waals surface area contributed by atoms with Crippen molar-refractivity contribution in [1.82, 2.24) is 9.80 Å². The smallest absolute Gasteiger partial charge is 0.475 e. The van der Waals surface area contributed by atoms with E-state index in [9.17, 15) is 22.4 Å². The zero-order valence-corrected chi connectivity index (χ0v) is 17.0. The number of amides is 1. The molecule has 1 unspecified atom stereocenters. The van der Waals surface area contributed by atoms with E-state index in [4.69, 9.17) is 9.90 Å². The van der Waals surface area contributed by atoms with Gasteiger partial charge in [0.25, 0.3) is 0 Å². The summed E-state index contributed by atoms with van der Waals surface area (Å²) in [5.41, 5.74) is 2.77. The van der Waals surface area contributed by atoms with Gasteiger partial charge in [0, 0.05) is 25.7 Å². The van der Waals surface area contributed by atoms with E-state index in [0.29, 0.717) is 13.0 Å². The molecule has 1 saturated heterocycles. The van der Waals surface area contributed by atoms with Gasteiger partial charge < -0.3 is 10.0 Å². The van der Waals surface area contributed by atoms with Crippen molar-refractivity contribution < 1.29 is 32.3 Å². The van der Waals surface area contributed by atoms with E-state index in [0.717, 1.165) is 36.3 Å². The summed E-state index contributed by atoms with van der Waals surface area (Å²) in [5, 5.41) is 7.12. The topological polar surface area (TPSA) is 60.9 Å². The lowest BCUT2D eigenvalue weighted by Gasteiger charge is -2.28. The van der Waals surface area contributed by atoms with Crippen LogP contribution in [0.3, 0.4) is 0 Å². The first-order valence-electron chi connectivity index (χ1n) is 9.79. The fraction of sp³-hybridized carbons (Fsp3) is 0.524. The van der Waals surface area contributed by atoms with Crippen LogP contribution in [0.15, 0.2) is 24.3 Å². The summed E-state index contributed by atoms with van der Waals surface area (Å²) in [7, 11) is 1.82. The molecule has 1 aliphatic carbocycles. The Morgan fingerprint density at radius 2 is 1.80 bits per heavy atom. The zero-order chi connectivity index (χ0) is 22.5. The van der Waals surface area contributed by atoms with Crippen molar-refractivity contribution in [3.05, 3.63) is 41.2 Å². The van der Waals surface area contributed by atoms with Gasteiger partial charge in [-0.2, -0.15) is 13.2 Å². The van der Waals surface area contributed by atoms with Crippen LogP contribution in [-0.4, -0.2) is 59.6 Å². The van der Waals surface area contributed by atoms with Gasteiger partial charge in [0.05, 0.1) is 5.92 Å². The molecule has 1 N–H and O–H groups in total. The highest BCUT2D eigenvalue weighted by molar-refractivity contribution is 5.89. The highest BCUT2D eigenvalue weighted by Gasteiger charge is 2.38. The first kappa shape index (κ1) is 23.9. The predicted octanol–water partition coefficient (Wildman–Crippen LogP) is 3.94. The lowest BCUT2D eigenvalue weighted by molar-refractivity contribution is -0.192. The number of hydrogen-bond donors (Lipinski definition) is 1. The van der Waals surface area contributed by atoms with E-state index in [2.05, 4.69) is 4.90 Å². The number of carbonyl (C=O) groups is 2. The van der Waals surface area contributed by atoms with Crippen molar-refractivity contribution in [2.24, 2.45) is 5.92 Å². The number of benzene rings is 1. The van der Waals surface area contributed by atoms with Gasteiger partial charge >= 0.3 is 12.1 Å². The van der Waals surface area contributed by atoms with Crippen molar-refractivity contribution in [1.29, 1.82) is 0 Å². The molecule has 1 aliphatic heterocycles. The minimum Gasteiger partial charge on any atom is -0.475 e. The number of alkyl halides is 3. The Kier molecular flexibility index (Phi) is 8.00. The second-order valence-electron chi connectivity index (χ2n) is 7.45. The molecule has 2 aliphatic rings.